The number of hydrogen-bond acceptors (Lipinski definition) is 3. The quantitative estimate of drug-likeness (QED) is 0.759. The first-order chi connectivity index (χ1) is 9.54. The summed E-state index contributed by atoms with van der Waals surface area (Å²) in [6.45, 7) is 2.93. The van der Waals surface area contributed by atoms with Crippen molar-refractivity contribution in [3.63, 3.8) is 0 Å². The van der Waals surface area contributed by atoms with Crippen molar-refractivity contribution in [1.29, 1.82) is 0 Å². The number of carbonyl (C=O) groups is 2. The molecule has 1 aromatic rings. The molecule has 0 radical (unpaired) electrons. The maximum atomic E-state index is 11.7. The Morgan fingerprint density at radius 2 is 2.05 bits per heavy atom. The fourth-order valence-electron chi connectivity index (χ4n) is 2.02. The molecule has 0 aliphatic carbocycles. The van der Waals surface area contributed by atoms with Crippen LogP contribution in [0.4, 0.5) is 0 Å². The molecule has 0 saturated carbocycles. The Kier molecular flexibility index (Phi) is 6.73. The third-order valence-corrected chi connectivity index (χ3v) is 2.95. The van der Waals surface area contributed by atoms with Crippen molar-refractivity contribution in [1.82, 2.24) is 5.32 Å². The number of hydrogen-bond donors (Lipinski definition) is 2. The molecule has 0 aliphatic rings. The predicted molar refractivity (Wildman–Crippen MR) is 75.8 cm³/mol. The Balaban J connectivity index is 2.41. The number of methoxy groups -OCH3 is 1. The SMILES string of the molecule is COCC(C)CC(=O)NCCc1ccccc1C(=O)O. The van der Waals surface area contributed by atoms with Crippen LogP contribution in [-0.4, -0.2) is 37.2 Å². The van der Waals surface area contributed by atoms with Crippen molar-refractivity contribution in [3.8, 4) is 0 Å². The first kappa shape index (κ1) is 16.2. The number of carboxylic acid groups (broad SMARTS) is 1. The van der Waals surface area contributed by atoms with E-state index in [-0.39, 0.29) is 17.4 Å². The minimum Gasteiger partial charge on any atom is -0.478 e. The van der Waals surface area contributed by atoms with Gasteiger partial charge in [0, 0.05) is 26.7 Å². The summed E-state index contributed by atoms with van der Waals surface area (Å²) in [6, 6.07) is 6.82. The number of amides is 1. The number of benzene rings is 1. The molecule has 1 aromatic carbocycles. The molecule has 0 spiro atoms. The summed E-state index contributed by atoms with van der Waals surface area (Å²) in [5, 5.41) is 11.9. The molecule has 0 bridgehead atoms. The third kappa shape index (κ3) is 5.40. The number of rotatable bonds is 8. The van der Waals surface area contributed by atoms with Gasteiger partial charge in [0.15, 0.2) is 0 Å². The van der Waals surface area contributed by atoms with Crippen LogP contribution in [0.5, 0.6) is 0 Å². The van der Waals surface area contributed by atoms with Crippen molar-refractivity contribution >= 4 is 11.9 Å². The average Bonchev–Trinajstić information content (AvgIpc) is 2.39. The topological polar surface area (TPSA) is 75.6 Å². The standard InChI is InChI=1S/C15H21NO4/c1-11(10-20-2)9-14(17)16-8-7-12-5-3-4-6-13(12)15(18)19/h3-6,11H,7-10H2,1-2H3,(H,16,17)(H,18,19). The summed E-state index contributed by atoms with van der Waals surface area (Å²) in [5.41, 5.74) is 1.01. The van der Waals surface area contributed by atoms with Gasteiger partial charge in [-0.15, -0.1) is 0 Å². The number of nitrogens with one attached hydrogen (secondary N) is 1. The van der Waals surface area contributed by atoms with E-state index in [0.29, 0.717) is 26.0 Å². The van der Waals surface area contributed by atoms with Crippen LogP contribution in [0.1, 0.15) is 29.3 Å². The van der Waals surface area contributed by atoms with E-state index < -0.39 is 5.97 Å². The molecule has 110 valence electrons. The van der Waals surface area contributed by atoms with E-state index in [1.54, 1.807) is 31.4 Å². The molecule has 5 nitrogen and oxygen atoms in total. The smallest absolute Gasteiger partial charge is 0.335 e. The van der Waals surface area contributed by atoms with Crippen molar-refractivity contribution in [2.24, 2.45) is 5.92 Å². The maximum absolute atomic E-state index is 11.7. The van der Waals surface area contributed by atoms with Crippen LogP contribution in [0, 0.1) is 5.92 Å². The molecule has 5 heteroatoms. The molecule has 20 heavy (non-hydrogen) atoms. The second-order valence-corrected chi connectivity index (χ2v) is 4.83. The lowest BCUT2D eigenvalue weighted by molar-refractivity contribution is -0.122. The lowest BCUT2D eigenvalue weighted by atomic mass is 10.0. The minimum absolute atomic E-state index is 0.0395. The largest absolute Gasteiger partial charge is 0.478 e. The Morgan fingerprint density at radius 1 is 1.35 bits per heavy atom. The van der Waals surface area contributed by atoms with E-state index in [1.165, 1.54) is 0 Å². The molecule has 1 rings (SSSR count). The first-order valence-electron chi connectivity index (χ1n) is 6.61. The summed E-state index contributed by atoms with van der Waals surface area (Å²) in [7, 11) is 1.61. The van der Waals surface area contributed by atoms with Gasteiger partial charge in [-0.3, -0.25) is 4.79 Å². The van der Waals surface area contributed by atoms with Crippen molar-refractivity contribution < 1.29 is 19.4 Å². The van der Waals surface area contributed by atoms with E-state index in [4.69, 9.17) is 9.84 Å². The van der Waals surface area contributed by atoms with E-state index in [2.05, 4.69) is 5.32 Å². The van der Waals surface area contributed by atoms with Gasteiger partial charge in [-0.1, -0.05) is 25.1 Å². The predicted octanol–water partition coefficient (Wildman–Crippen LogP) is 1.72. The second-order valence-electron chi connectivity index (χ2n) is 4.83. The van der Waals surface area contributed by atoms with Gasteiger partial charge >= 0.3 is 5.97 Å². The maximum Gasteiger partial charge on any atom is 0.335 e. The molecule has 2 N–H and O–H groups in total. The fourth-order valence-corrected chi connectivity index (χ4v) is 2.02. The highest BCUT2D eigenvalue weighted by atomic mass is 16.5. The zero-order valence-electron chi connectivity index (χ0n) is 11.9. The Bertz CT molecular complexity index is 459. The van der Waals surface area contributed by atoms with Gasteiger partial charge in [0.25, 0.3) is 0 Å². The van der Waals surface area contributed by atoms with Gasteiger partial charge in [0.1, 0.15) is 0 Å². The van der Waals surface area contributed by atoms with E-state index in [9.17, 15) is 9.59 Å². The molecule has 1 amide bonds. The summed E-state index contributed by atoms with van der Waals surface area (Å²) in [4.78, 5) is 22.7. The van der Waals surface area contributed by atoms with E-state index >= 15 is 0 Å². The highest BCUT2D eigenvalue weighted by Crippen LogP contribution is 2.09. The lowest BCUT2D eigenvalue weighted by Gasteiger charge is -2.11. The van der Waals surface area contributed by atoms with Gasteiger partial charge in [-0.2, -0.15) is 0 Å². The zero-order chi connectivity index (χ0) is 15.0. The zero-order valence-corrected chi connectivity index (χ0v) is 11.9. The van der Waals surface area contributed by atoms with Gasteiger partial charge in [-0.05, 0) is 24.0 Å². The summed E-state index contributed by atoms with van der Waals surface area (Å²) in [6.07, 6.45) is 0.918. The lowest BCUT2D eigenvalue weighted by Crippen LogP contribution is -2.28. The van der Waals surface area contributed by atoms with Crippen molar-refractivity contribution in [3.05, 3.63) is 35.4 Å². The molecule has 0 heterocycles. The Hall–Kier alpha value is -1.88. The van der Waals surface area contributed by atoms with Crippen LogP contribution in [-0.2, 0) is 16.0 Å². The molecule has 0 aromatic heterocycles. The average molecular weight is 279 g/mol. The van der Waals surface area contributed by atoms with Gasteiger partial charge in [-0.25, -0.2) is 4.79 Å². The summed E-state index contributed by atoms with van der Waals surface area (Å²) >= 11 is 0. The van der Waals surface area contributed by atoms with Crippen LogP contribution in [0.2, 0.25) is 0 Å². The van der Waals surface area contributed by atoms with Gasteiger partial charge in [0.2, 0.25) is 5.91 Å². The van der Waals surface area contributed by atoms with Crippen LogP contribution < -0.4 is 5.32 Å². The van der Waals surface area contributed by atoms with Crippen LogP contribution in [0.3, 0.4) is 0 Å². The van der Waals surface area contributed by atoms with Crippen molar-refractivity contribution in [2.45, 2.75) is 19.8 Å². The third-order valence-electron chi connectivity index (χ3n) is 2.95. The van der Waals surface area contributed by atoms with Gasteiger partial charge in [0.05, 0.1) is 5.56 Å². The molecule has 0 aliphatic heterocycles. The fraction of sp³-hybridized carbons (Fsp3) is 0.467. The Morgan fingerprint density at radius 3 is 2.70 bits per heavy atom. The number of aromatic carboxylic acids is 1. The number of ether oxygens (including phenoxy) is 1. The Labute approximate surface area is 118 Å². The molecule has 1 unspecified atom stereocenters. The normalized spacial score (nSPS) is 11.9. The molecule has 0 fully saturated rings. The molecule has 1 atom stereocenters. The molecular weight excluding hydrogens is 258 g/mol. The number of carbonyl (C=O) groups excluding carboxylic acids is 1. The first-order valence-corrected chi connectivity index (χ1v) is 6.61. The highest BCUT2D eigenvalue weighted by molar-refractivity contribution is 5.89. The van der Waals surface area contributed by atoms with Crippen LogP contribution in [0.25, 0.3) is 0 Å². The van der Waals surface area contributed by atoms with E-state index in [0.717, 1.165) is 5.56 Å². The monoisotopic (exact) mass is 279 g/mol. The highest BCUT2D eigenvalue weighted by Gasteiger charge is 2.10. The number of carboxylic acids is 1. The summed E-state index contributed by atoms with van der Waals surface area (Å²) < 4.78 is 4.98. The second kappa shape index (κ2) is 8.32. The minimum atomic E-state index is -0.944. The molecular formula is C15H21NO4. The van der Waals surface area contributed by atoms with Crippen molar-refractivity contribution in [2.75, 3.05) is 20.3 Å². The molecule has 0 saturated heterocycles. The van der Waals surface area contributed by atoms with E-state index in [1.807, 2.05) is 6.92 Å². The van der Waals surface area contributed by atoms with Gasteiger partial charge < -0.3 is 15.2 Å². The summed E-state index contributed by atoms with van der Waals surface area (Å²) in [5.74, 6) is -0.811. The van der Waals surface area contributed by atoms with Crippen LogP contribution >= 0.6 is 0 Å². The van der Waals surface area contributed by atoms with Crippen LogP contribution in [0.15, 0.2) is 24.3 Å².